The summed E-state index contributed by atoms with van der Waals surface area (Å²) in [5.41, 5.74) is 1.46. The number of benzene rings is 1. The number of amides is 2. The van der Waals surface area contributed by atoms with E-state index in [0.717, 1.165) is 18.4 Å². The number of carbonyl (C=O) groups is 3. The van der Waals surface area contributed by atoms with Crippen molar-refractivity contribution in [3.63, 3.8) is 0 Å². The minimum Gasteiger partial charge on any atom is -0.465 e. The van der Waals surface area contributed by atoms with Crippen LogP contribution in [0.5, 0.6) is 0 Å². The van der Waals surface area contributed by atoms with Gasteiger partial charge in [0.25, 0.3) is 5.91 Å². The highest BCUT2D eigenvalue weighted by atomic mass is 79.9. The van der Waals surface area contributed by atoms with E-state index in [9.17, 15) is 19.5 Å². The number of hydrogen-bond acceptors (Lipinski definition) is 6. The number of fused-ring (bicyclic) bond motifs is 1. The first-order valence-electron chi connectivity index (χ1n) is 13.9. The highest BCUT2D eigenvalue weighted by Gasteiger charge is 2.76. The van der Waals surface area contributed by atoms with E-state index in [0.29, 0.717) is 42.9 Å². The lowest BCUT2D eigenvalue weighted by atomic mass is 9.71. The molecule has 3 fully saturated rings. The van der Waals surface area contributed by atoms with Crippen molar-refractivity contribution < 1.29 is 24.2 Å². The average Bonchev–Trinajstić information content (AvgIpc) is 3.51. The third-order valence-corrected chi connectivity index (χ3v) is 11.7. The lowest BCUT2D eigenvalue weighted by Gasteiger charge is -2.38. The molecule has 0 radical (unpaired) electrons. The van der Waals surface area contributed by atoms with Crippen molar-refractivity contribution in [3.05, 3.63) is 54.1 Å². The first-order chi connectivity index (χ1) is 19.2. The minimum absolute atomic E-state index is 0.0341. The molecular formula is C30H38BrClN2O5S. The van der Waals surface area contributed by atoms with Gasteiger partial charge in [0.1, 0.15) is 6.04 Å². The Morgan fingerprint density at radius 2 is 2.02 bits per heavy atom. The number of aliphatic hydroxyl groups excluding tert-OH is 1. The molecular weight excluding hydrogens is 616 g/mol. The van der Waals surface area contributed by atoms with E-state index in [4.69, 9.17) is 16.3 Å². The number of nitrogens with zero attached hydrogens (tertiary/aromatic N) is 2. The van der Waals surface area contributed by atoms with Crippen LogP contribution in [0.3, 0.4) is 0 Å². The summed E-state index contributed by atoms with van der Waals surface area (Å²) in [7, 11) is 0. The summed E-state index contributed by atoms with van der Waals surface area (Å²) in [6.07, 6.45) is 7.55. The van der Waals surface area contributed by atoms with Gasteiger partial charge in [-0.15, -0.1) is 24.9 Å². The van der Waals surface area contributed by atoms with Crippen LogP contribution >= 0.6 is 39.3 Å². The molecule has 40 heavy (non-hydrogen) atoms. The van der Waals surface area contributed by atoms with Gasteiger partial charge in [-0.2, -0.15) is 0 Å². The molecule has 2 amide bonds. The molecule has 218 valence electrons. The molecule has 6 atom stereocenters. The zero-order valence-corrected chi connectivity index (χ0v) is 26.1. The van der Waals surface area contributed by atoms with Crippen LogP contribution in [0.4, 0.5) is 5.69 Å². The van der Waals surface area contributed by atoms with Crippen LogP contribution in [0, 0.1) is 18.8 Å². The molecule has 7 nitrogen and oxygen atoms in total. The molecule has 3 aliphatic heterocycles. The maximum atomic E-state index is 14.7. The van der Waals surface area contributed by atoms with Crippen LogP contribution < -0.4 is 4.90 Å². The fourth-order valence-electron chi connectivity index (χ4n) is 6.54. The van der Waals surface area contributed by atoms with Crippen molar-refractivity contribution in [1.29, 1.82) is 0 Å². The largest absolute Gasteiger partial charge is 0.465 e. The molecule has 1 aromatic rings. The van der Waals surface area contributed by atoms with Crippen molar-refractivity contribution in [2.24, 2.45) is 11.8 Å². The van der Waals surface area contributed by atoms with E-state index < -0.39 is 22.6 Å². The number of unbranched alkanes of at least 4 members (excludes halogenated alkanes) is 3. The van der Waals surface area contributed by atoms with E-state index in [1.807, 2.05) is 19.1 Å². The third kappa shape index (κ3) is 5.63. The molecule has 3 heterocycles. The van der Waals surface area contributed by atoms with Gasteiger partial charge in [0.05, 0.1) is 33.9 Å². The van der Waals surface area contributed by atoms with E-state index in [1.165, 1.54) is 0 Å². The summed E-state index contributed by atoms with van der Waals surface area (Å²) in [5.74, 6) is -2.03. The van der Waals surface area contributed by atoms with Crippen LogP contribution in [0.15, 0.2) is 43.5 Å². The van der Waals surface area contributed by atoms with Gasteiger partial charge in [-0.25, -0.2) is 0 Å². The number of anilines is 1. The molecule has 1 aromatic carbocycles. The number of halogens is 2. The fourth-order valence-corrected chi connectivity index (χ4v) is 10.5. The Morgan fingerprint density at radius 1 is 1.27 bits per heavy atom. The summed E-state index contributed by atoms with van der Waals surface area (Å²) in [4.78, 5) is 45.6. The smallest absolute Gasteiger partial charge is 0.310 e. The van der Waals surface area contributed by atoms with Gasteiger partial charge in [0.15, 0.2) is 0 Å². The average molecular weight is 654 g/mol. The number of hydrogen-bond donors (Lipinski definition) is 1. The Kier molecular flexibility index (Phi) is 10.5. The molecule has 3 unspecified atom stereocenters. The second kappa shape index (κ2) is 13.4. The van der Waals surface area contributed by atoms with Gasteiger partial charge < -0.3 is 19.6 Å². The molecule has 4 rings (SSSR count). The van der Waals surface area contributed by atoms with Gasteiger partial charge >= 0.3 is 5.97 Å². The quantitative estimate of drug-likeness (QED) is 0.127. The van der Waals surface area contributed by atoms with Crippen molar-refractivity contribution in [2.75, 3.05) is 31.2 Å². The monoisotopic (exact) mass is 652 g/mol. The van der Waals surface area contributed by atoms with E-state index in [1.54, 1.807) is 39.8 Å². The Labute approximate surface area is 254 Å². The predicted molar refractivity (Wildman–Crippen MR) is 164 cm³/mol. The number of aliphatic hydroxyl groups is 1. The maximum absolute atomic E-state index is 14.7. The Bertz CT molecular complexity index is 1130. The van der Waals surface area contributed by atoms with Crippen LogP contribution in [-0.2, 0) is 19.1 Å². The molecule has 10 heteroatoms. The van der Waals surface area contributed by atoms with E-state index in [2.05, 4.69) is 29.1 Å². The van der Waals surface area contributed by atoms with Gasteiger partial charge in [-0.3, -0.25) is 14.4 Å². The topological polar surface area (TPSA) is 87.1 Å². The van der Waals surface area contributed by atoms with Crippen LogP contribution in [0.25, 0.3) is 0 Å². The molecule has 0 saturated carbocycles. The lowest BCUT2D eigenvalue weighted by Crippen LogP contribution is -2.55. The van der Waals surface area contributed by atoms with Gasteiger partial charge in [0.2, 0.25) is 5.91 Å². The van der Waals surface area contributed by atoms with E-state index in [-0.39, 0.29) is 47.6 Å². The summed E-state index contributed by atoms with van der Waals surface area (Å²) in [6.45, 7) is 10.5. The number of aryl methyl sites for hydroxylation is 1. The molecule has 1 N–H and O–H groups in total. The lowest BCUT2D eigenvalue weighted by molar-refractivity contribution is -0.154. The number of esters is 1. The number of ether oxygens (including phenoxy) is 1. The van der Waals surface area contributed by atoms with Crippen molar-refractivity contribution in [3.8, 4) is 0 Å². The number of rotatable bonds is 14. The fraction of sp³-hybridized carbons (Fsp3) is 0.567. The van der Waals surface area contributed by atoms with Crippen LogP contribution in [0.1, 0.15) is 44.1 Å². The first kappa shape index (κ1) is 31.1. The van der Waals surface area contributed by atoms with Gasteiger partial charge in [-0.1, -0.05) is 64.7 Å². The second-order valence-corrected chi connectivity index (χ2v) is 13.8. The molecule has 0 aliphatic carbocycles. The zero-order valence-electron chi connectivity index (χ0n) is 22.9. The summed E-state index contributed by atoms with van der Waals surface area (Å²) >= 11 is 12.0. The molecule has 3 aliphatic rings. The van der Waals surface area contributed by atoms with E-state index >= 15 is 0 Å². The highest BCUT2D eigenvalue weighted by Crippen LogP contribution is 2.68. The minimum atomic E-state index is -0.769. The Morgan fingerprint density at radius 3 is 2.70 bits per heavy atom. The van der Waals surface area contributed by atoms with Gasteiger partial charge in [-0.05, 0) is 44.2 Å². The normalized spacial score (nSPS) is 28.4. The van der Waals surface area contributed by atoms with Crippen molar-refractivity contribution in [1.82, 2.24) is 4.90 Å². The number of thioether (sulfide) groups is 1. The molecule has 1 spiro atoms. The predicted octanol–water partition coefficient (Wildman–Crippen LogP) is 5.30. The Balaban J connectivity index is 1.74. The maximum Gasteiger partial charge on any atom is 0.310 e. The standard InChI is InChI=1S/C30H38BrClN2O5S/c1-4-6-17-39-29(38)22-23-27(36)34(15-9-7-8-10-16-35)26(30(23)18-20(31)25(22)40-30)28(37)33(14-5-2)24-19(3)12-11-13-21(24)32/h4-5,11-13,20,22-23,25-26,35H,1-2,6-10,14-18H2,3H3/t20?,22-,23-,25-,26?,30?/m0/s1. The SMILES string of the molecule is C=CCCOC(=O)[C@H]1[C@H]2C(=O)N(CCCCCCO)C(C(=O)N(CC=C)c3c(C)cccc3Cl)C23CC(Br)[C@@H]1S3. The molecule has 3 saturated heterocycles. The second-order valence-electron chi connectivity index (χ2n) is 10.7. The highest BCUT2D eigenvalue weighted by molar-refractivity contribution is 9.09. The Hall–Kier alpha value is -1.81. The molecule has 0 aromatic heterocycles. The van der Waals surface area contributed by atoms with Crippen molar-refractivity contribution >= 4 is 62.8 Å². The third-order valence-electron chi connectivity index (χ3n) is 8.20. The summed E-state index contributed by atoms with van der Waals surface area (Å²) < 4.78 is 4.83. The molecule has 2 bridgehead atoms. The number of likely N-dealkylation sites (tertiary alicyclic amines) is 1. The summed E-state index contributed by atoms with van der Waals surface area (Å²) in [6, 6.07) is 4.74. The van der Waals surface area contributed by atoms with Crippen LogP contribution in [0.2, 0.25) is 5.02 Å². The van der Waals surface area contributed by atoms with Crippen molar-refractivity contribution in [2.45, 2.75) is 66.3 Å². The zero-order chi connectivity index (χ0) is 29.0. The first-order valence-corrected chi connectivity index (χ1v) is 16.1. The number of para-hydroxylation sites is 1. The van der Waals surface area contributed by atoms with Crippen LogP contribution in [-0.4, -0.2) is 75.0 Å². The summed E-state index contributed by atoms with van der Waals surface area (Å²) in [5, 5.41) is 9.46. The number of alkyl halides is 1. The van der Waals surface area contributed by atoms with Gasteiger partial charge in [0, 0.05) is 29.8 Å². The number of carbonyl (C=O) groups excluding carboxylic acids is 3.